The maximum atomic E-state index is 11.0. The number of Topliss-reactive ketones (excluding diaryl/α,β-unsaturated/α-hetero) is 1. The summed E-state index contributed by atoms with van der Waals surface area (Å²) in [6.07, 6.45) is -0.822. The number of hydrogen-bond acceptors (Lipinski definition) is 6. The maximum absolute atomic E-state index is 11.0. The second kappa shape index (κ2) is 6.63. The average Bonchev–Trinajstić information content (AvgIpc) is 2.35. The molecule has 5 nitrogen and oxygen atoms in total. The molecule has 1 rings (SSSR count). The summed E-state index contributed by atoms with van der Waals surface area (Å²) in [7, 11) is 0. The molecule has 2 unspecified atom stereocenters. The number of ketones is 1. The lowest BCUT2D eigenvalue weighted by molar-refractivity contribution is -0.109. The van der Waals surface area contributed by atoms with Crippen molar-refractivity contribution in [1.29, 1.82) is 0 Å². The summed E-state index contributed by atoms with van der Waals surface area (Å²) < 4.78 is 0. The van der Waals surface area contributed by atoms with Gasteiger partial charge in [0.2, 0.25) is 0 Å². The Labute approximate surface area is 109 Å². The minimum Gasteiger partial charge on any atom is -0.389 e. The van der Waals surface area contributed by atoms with Gasteiger partial charge in [0.15, 0.2) is 10.9 Å². The fourth-order valence-electron chi connectivity index (χ4n) is 1.30. The highest BCUT2D eigenvalue weighted by molar-refractivity contribution is 8.13. The molecule has 18 heavy (non-hydrogen) atoms. The number of aliphatic hydroxyl groups excluding tert-OH is 2. The van der Waals surface area contributed by atoms with E-state index in [1.807, 2.05) is 0 Å². The van der Waals surface area contributed by atoms with E-state index in [0.29, 0.717) is 11.3 Å². The molecule has 98 valence electrons. The Morgan fingerprint density at radius 2 is 2.00 bits per heavy atom. The van der Waals surface area contributed by atoms with E-state index in [1.54, 1.807) is 0 Å². The Kier molecular flexibility index (Phi) is 5.46. The van der Waals surface area contributed by atoms with E-state index in [0.717, 1.165) is 11.8 Å². The Morgan fingerprint density at radius 3 is 2.44 bits per heavy atom. The number of hydrogen-bond donors (Lipinski definition) is 2. The van der Waals surface area contributed by atoms with Crippen molar-refractivity contribution in [2.75, 3.05) is 5.75 Å². The monoisotopic (exact) mass is 269 g/mol. The highest BCUT2D eigenvalue weighted by Crippen LogP contribution is 2.19. The molecule has 1 heterocycles. The van der Waals surface area contributed by atoms with E-state index in [2.05, 4.69) is 4.98 Å². The molecule has 0 fully saturated rings. The lowest BCUT2D eigenvalue weighted by Crippen LogP contribution is -2.21. The molecule has 0 radical (unpaired) electrons. The molecule has 0 bridgehead atoms. The van der Waals surface area contributed by atoms with Gasteiger partial charge in [-0.05, 0) is 6.07 Å². The summed E-state index contributed by atoms with van der Waals surface area (Å²) in [6.45, 7) is 2.80. The normalized spacial score (nSPS) is 14.0. The Bertz CT molecular complexity index is 432. The van der Waals surface area contributed by atoms with Crippen molar-refractivity contribution < 1.29 is 19.8 Å². The number of carbonyl (C=O) groups is 2. The molecule has 1 aromatic heterocycles. The highest BCUT2D eigenvalue weighted by Gasteiger charge is 2.19. The van der Waals surface area contributed by atoms with Crippen LogP contribution < -0.4 is 0 Å². The first-order valence-electron chi connectivity index (χ1n) is 5.38. The van der Waals surface area contributed by atoms with Crippen molar-refractivity contribution >= 4 is 22.7 Å². The third-order valence-corrected chi connectivity index (χ3v) is 3.23. The van der Waals surface area contributed by atoms with Gasteiger partial charge in [-0.2, -0.15) is 0 Å². The van der Waals surface area contributed by atoms with E-state index >= 15 is 0 Å². The molecule has 2 N–H and O–H groups in total. The molecular weight excluding hydrogens is 254 g/mol. The molecule has 0 aromatic carbocycles. The van der Waals surface area contributed by atoms with Gasteiger partial charge in [0.25, 0.3) is 0 Å². The third-order valence-electron chi connectivity index (χ3n) is 2.31. The van der Waals surface area contributed by atoms with E-state index in [-0.39, 0.29) is 16.7 Å². The van der Waals surface area contributed by atoms with Crippen molar-refractivity contribution in [3.63, 3.8) is 0 Å². The van der Waals surface area contributed by atoms with Gasteiger partial charge in [-0.3, -0.25) is 14.6 Å². The van der Waals surface area contributed by atoms with E-state index in [4.69, 9.17) is 0 Å². The minimum atomic E-state index is -1.12. The SMILES string of the molecule is CC(=O)SCC(O)C(O)c1ccc(C(C)=O)nc1. The van der Waals surface area contributed by atoms with Crippen LogP contribution in [-0.4, -0.2) is 38.0 Å². The summed E-state index contributed by atoms with van der Waals surface area (Å²) in [6, 6.07) is 3.03. The van der Waals surface area contributed by atoms with Crippen LogP contribution in [0, 0.1) is 0 Å². The molecule has 0 aliphatic carbocycles. The van der Waals surface area contributed by atoms with Crippen LogP contribution in [0.25, 0.3) is 0 Å². The Balaban J connectivity index is 2.68. The molecule has 0 saturated carbocycles. The maximum Gasteiger partial charge on any atom is 0.185 e. The molecular formula is C12H15NO4S. The zero-order valence-electron chi connectivity index (χ0n) is 10.2. The number of pyridine rings is 1. The number of carbonyl (C=O) groups excluding carboxylic acids is 2. The van der Waals surface area contributed by atoms with Crippen LogP contribution in [0.3, 0.4) is 0 Å². The lowest BCUT2D eigenvalue weighted by atomic mass is 10.1. The van der Waals surface area contributed by atoms with Gasteiger partial charge in [-0.1, -0.05) is 17.8 Å². The number of nitrogens with zero attached hydrogens (tertiary/aromatic N) is 1. The topological polar surface area (TPSA) is 87.5 Å². The van der Waals surface area contributed by atoms with Crippen LogP contribution in [0.5, 0.6) is 0 Å². The van der Waals surface area contributed by atoms with Crippen LogP contribution >= 0.6 is 11.8 Å². The largest absolute Gasteiger partial charge is 0.389 e. The van der Waals surface area contributed by atoms with E-state index in [9.17, 15) is 19.8 Å². The summed E-state index contributed by atoms with van der Waals surface area (Å²) in [5, 5.41) is 19.4. The number of thioether (sulfide) groups is 1. The second-order valence-corrected chi connectivity index (χ2v) is 5.04. The quantitative estimate of drug-likeness (QED) is 0.774. The fraction of sp³-hybridized carbons (Fsp3) is 0.417. The van der Waals surface area contributed by atoms with Crippen molar-refractivity contribution in [3.05, 3.63) is 29.6 Å². The van der Waals surface area contributed by atoms with E-state index in [1.165, 1.54) is 32.2 Å². The van der Waals surface area contributed by atoms with Gasteiger partial charge < -0.3 is 10.2 Å². The Morgan fingerprint density at radius 1 is 1.33 bits per heavy atom. The first-order valence-corrected chi connectivity index (χ1v) is 6.36. The van der Waals surface area contributed by atoms with Crippen LogP contribution in [0.4, 0.5) is 0 Å². The van der Waals surface area contributed by atoms with Gasteiger partial charge in [-0.25, -0.2) is 0 Å². The molecule has 0 aliphatic heterocycles. The first-order chi connectivity index (χ1) is 8.41. The van der Waals surface area contributed by atoms with Gasteiger partial charge in [0, 0.05) is 31.4 Å². The van der Waals surface area contributed by atoms with Crippen molar-refractivity contribution in [2.24, 2.45) is 0 Å². The molecule has 0 amide bonds. The minimum absolute atomic E-state index is 0.116. The first kappa shape index (κ1) is 14.8. The highest BCUT2D eigenvalue weighted by atomic mass is 32.2. The lowest BCUT2D eigenvalue weighted by Gasteiger charge is -2.17. The van der Waals surface area contributed by atoms with Gasteiger partial charge in [0.05, 0.1) is 6.10 Å². The van der Waals surface area contributed by atoms with Gasteiger partial charge in [-0.15, -0.1) is 0 Å². The summed E-state index contributed by atoms with van der Waals surface area (Å²) in [5.41, 5.74) is 0.718. The standard InChI is InChI=1S/C12H15NO4S/c1-7(14)10-4-3-9(5-13-10)12(17)11(16)6-18-8(2)15/h3-5,11-12,16-17H,6H2,1-2H3. The van der Waals surface area contributed by atoms with E-state index < -0.39 is 12.2 Å². The fourth-order valence-corrected chi connectivity index (χ4v) is 1.89. The van der Waals surface area contributed by atoms with Crippen molar-refractivity contribution in [1.82, 2.24) is 4.98 Å². The number of rotatable bonds is 5. The summed E-state index contributed by atoms with van der Waals surface area (Å²) in [5.74, 6) is -0.0472. The van der Waals surface area contributed by atoms with Crippen LogP contribution in [0.15, 0.2) is 18.3 Å². The molecule has 0 saturated heterocycles. The molecule has 1 aromatic rings. The van der Waals surface area contributed by atoms with Crippen LogP contribution in [0.1, 0.15) is 36.0 Å². The molecule has 6 heteroatoms. The molecule has 0 aliphatic rings. The predicted octanol–water partition coefficient (Wildman–Crippen LogP) is 0.958. The summed E-state index contributed by atoms with van der Waals surface area (Å²) in [4.78, 5) is 25.7. The van der Waals surface area contributed by atoms with Gasteiger partial charge >= 0.3 is 0 Å². The molecule has 2 atom stereocenters. The smallest absolute Gasteiger partial charge is 0.185 e. The zero-order valence-corrected chi connectivity index (χ0v) is 11.0. The van der Waals surface area contributed by atoms with Crippen molar-refractivity contribution in [3.8, 4) is 0 Å². The zero-order chi connectivity index (χ0) is 13.7. The summed E-state index contributed by atoms with van der Waals surface area (Å²) >= 11 is 0.947. The molecule has 0 spiro atoms. The predicted molar refractivity (Wildman–Crippen MR) is 68.3 cm³/mol. The van der Waals surface area contributed by atoms with Crippen molar-refractivity contribution in [2.45, 2.75) is 26.1 Å². The van der Waals surface area contributed by atoms with Gasteiger partial charge in [0.1, 0.15) is 11.8 Å². The number of aromatic nitrogens is 1. The van der Waals surface area contributed by atoms with Crippen LogP contribution in [-0.2, 0) is 4.79 Å². The average molecular weight is 269 g/mol. The number of aliphatic hydroxyl groups is 2. The second-order valence-electron chi connectivity index (χ2n) is 3.85. The Hall–Kier alpha value is -1.24. The van der Waals surface area contributed by atoms with Crippen LogP contribution in [0.2, 0.25) is 0 Å². The third kappa shape index (κ3) is 4.21.